The van der Waals surface area contributed by atoms with Gasteiger partial charge in [0.25, 0.3) is 0 Å². The van der Waals surface area contributed by atoms with Crippen LogP contribution in [0.25, 0.3) is 22.2 Å². The van der Waals surface area contributed by atoms with E-state index in [-0.39, 0.29) is 35.0 Å². The second-order valence-electron chi connectivity index (χ2n) is 11.8. The normalized spacial score (nSPS) is 20.5. The zero-order valence-corrected chi connectivity index (χ0v) is 26.8. The van der Waals surface area contributed by atoms with Crippen molar-refractivity contribution in [1.82, 2.24) is 4.98 Å². The first-order chi connectivity index (χ1) is 21.0. The van der Waals surface area contributed by atoms with Crippen LogP contribution in [-0.4, -0.2) is 34.7 Å². The van der Waals surface area contributed by atoms with E-state index < -0.39 is 12.1 Å². The summed E-state index contributed by atoms with van der Waals surface area (Å²) in [5.74, 6) is -1.36. The summed E-state index contributed by atoms with van der Waals surface area (Å²) in [6.07, 6.45) is 1.38. The number of esters is 1. The Balaban J connectivity index is 1.32. The molecule has 1 aliphatic heterocycles. The highest BCUT2D eigenvalue weighted by Crippen LogP contribution is 2.42. The van der Waals surface area contributed by atoms with E-state index in [0.29, 0.717) is 44.4 Å². The van der Waals surface area contributed by atoms with Gasteiger partial charge in [0.05, 0.1) is 34.3 Å². The monoisotopic (exact) mass is 672 g/mol. The van der Waals surface area contributed by atoms with Crippen molar-refractivity contribution in [1.29, 1.82) is 0 Å². The third-order valence-corrected chi connectivity index (χ3v) is 9.35. The summed E-state index contributed by atoms with van der Waals surface area (Å²) in [4.78, 5) is 59.2. The molecule has 0 radical (unpaired) electrons. The van der Waals surface area contributed by atoms with Gasteiger partial charge in [-0.25, -0.2) is 9.78 Å². The van der Waals surface area contributed by atoms with E-state index >= 15 is 0 Å². The molecule has 1 saturated carbocycles. The molecular weight excluding hydrogens is 644 g/mol. The van der Waals surface area contributed by atoms with E-state index in [1.807, 2.05) is 13.0 Å². The van der Waals surface area contributed by atoms with Gasteiger partial charge in [0.2, 0.25) is 17.6 Å². The number of nitrogens with zero attached hydrogens (tertiary/aromatic N) is 2. The lowest BCUT2D eigenvalue weighted by atomic mass is 9.76. The minimum Gasteiger partial charge on any atom is -0.451 e. The summed E-state index contributed by atoms with van der Waals surface area (Å²) in [7, 11) is 0. The Morgan fingerprint density at radius 1 is 1.00 bits per heavy atom. The van der Waals surface area contributed by atoms with E-state index in [1.165, 1.54) is 17.9 Å². The number of rotatable bonds is 6. The van der Waals surface area contributed by atoms with Gasteiger partial charge in [0, 0.05) is 26.0 Å². The number of fused-ring (bicyclic) bond motifs is 2. The number of halogens is 2. The van der Waals surface area contributed by atoms with Crippen LogP contribution >= 0.6 is 27.5 Å². The molecule has 4 atom stereocenters. The molecule has 2 amide bonds. The first-order valence-electron chi connectivity index (χ1n) is 14.6. The fourth-order valence-corrected chi connectivity index (χ4v) is 7.12. The maximum atomic E-state index is 13.6. The Kier molecular flexibility index (Phi) is 8.16. The maximum absolute atomic E-state index is 13.6. The van der Waals surface area contributed by atoms with E-state index in [4.69, 9.17) is 21.3 Å². The zero-order valence-electron chi connectivity index (χ0n) is 24.5. The number of benzene rings is 3. The van der Waals surface area contributed by atoms with Crippen molar-refractivity contribution in [2.24, 2.45) is 17.8 Å². The summed E-state index contributed by atoms with van der Waals surface area (Å²) in [5, 5.41) is 0.992. The standard InChI is InChI=1S/C35H30BrClN2O5/c1-18-7-12-26-28(13-18)34(42)39(33(26)41)25-10-8-21(9-11-25)30-17-29(27-16-23(36)14-19(2)31(27)38-30)35(43)44-20(3)32(40)22-5-4-6-24(37)15-22/h4-6,8-11,14-18,20,26,28H,7,12-13H2,1-3H3. The summed E-state index contributed by atoms with van der Waals surface area (Å²) < 4.78 is 6.45. The lowest BCUT2D eigenvalue weighted by molar-refractivity contribution is -0.122. The molecule has 0 spiro atoms. The minimum absolute atomic E-state index is 0.129. The van der Waals surface area contributed by atoms with Crippen molar-refractivity contribution >= 4 is 67.7 Å². The Morgan fingerprint density at radius 2 is 1.73 bits per heavy atom. The topological polar surface area (TPSA) is 93.6 Å². The number of aromatic nitrogens is 1. The number of hydrogen-bond acceptors (Lipinski definition) is 6. The van der Waals surface area contributed by atoms with Crippen LogP contribution in [0.15, 0.2) is 71.2 Å². The zero-order chi connectivity index (χ0) is 31.3. The van der Waals surface area contributed by atoms with E-state index in [9.17, 15) is 19.2 Å². The van der Waals surface area contributed by atoms with Gasteiger partial charge < -0.3 is 4.74 Å². The quantitative estimate of drug-likeness (QED) is 0.117. The van der Waals surface area contributed by atoms with Gasteiger partial charge in [-0.1, -0.05) is 58.7 Å². The van der Waals surface area contributed by atoms with Crippen molar-refractivity contribution in [2.75, 3.05) is 4.90 Å². The summed E-state index contributed by atoms with van der Waals surface area (Å²) >= 11 is 9.56. The highest BCUT2D eigenvalue weighted by molar-refractivity contribution is 9.10. The summed E-state index contributed by atoms with van der Waals surface area (Å²) in [6.45, 7) is 5.56. The first-order valence-corrected chi connectivity index (χ1v) is 15.8. The lowest BCUT2D eigenvalue weighted by Crippen LogP contribution is -2.30. The van der Waals surface area contributed by atoms with Crippen molar-refractivity contribution in [3.8, 4) is 11.3 Å². The molecule has 7 nitrogen and oxygen atoms in total. The van der Waals surface area contributed by atoms with Gasteiger partial charge in [-0.05, 0) is 87.1 Å². The second kappa shape index (κ2) is 11.9. The molecule has 224 valence electrons. The van der Waals surface area contributed by atoms with Crippen molar-refractivity contribution in [3.05, 3.63) is 92.9 Å². The molecule has 6 rings (SSSR count). The van der Waals surface area contributed by atoms with E-state index in [2.05, 4.69) is 22.9 Å². The molecule has 4 unspecified atom stereocenters. The van der Waals surface area contributed by atoms with Crippen molar-refractivity contribution in [2.45, 2.75) is 46.1 Å². The van der Waals surface area contributed by atoms with Crippen molar-refractivity contribution < 1.29 is 23.9 Å². The van der Waals surface area contributed by atoms with Gasteiger partial charge >= 0.3 is 5.97 Å². The average Bonchev–Trinajstić information content (AvgIpc) is 3.24. The van der Waals surface area contributed by atoms with Crippen LogP contribution in [0.5, 0.6) is 0 Å². The molecule has 3 aromatic carbocycles. The number of carbonyl (C=O) groups excluding carboxylic acids is 4. The number of anilines is 1. The van der Waals surface area contributed by atoms with E-state index in [1.54, 1.807) is 54.6 Å². The predicted octanol–water partition coefficient (Wildman–Crippen LogP) is 7.98. The Hall–Kier alpha value is -3.88. The Morgan fingerprint density at radius 3 is 2.45 bits per heavy atom. The maximum Gasteiger partial charge on any atom is 0.339 e. The first kappa shape index (κ1) is 30.2. The summed E-state index contributed by atoms with van der Waals surface area (Å²) in [6, 6.07) is 18.9. The lowest BCUT2D eigenvalue weighted by Gasteiger charge is -2.25. The third-order valence-electron chi connectivity index (χ3n) is 8.66. The molecular formula is C35H30BrClN2O5. The third kappa shape index (κ3) is 5.57. The molecule has 0 N–H and O–H groups in total. The molecule has 44 heavy (non-hydrogen) atoms. The van der Waals surface area contributed by atoms with Gasteiger partial charge in [0.1, 0.15) is 0 Å². The number of aryl methyl sites for hydroxylation is 1. The number of hydrogen-bond donors (Lipinski definition) is 0. The number of amides is 2. The number of ketones is 1. The summed E-state index contributed by atoms with van der Waals surface area (Å²) in [5.41, 5.74) is 3.79. The van der Waals surface area contributed by atoms with Gasteiger partial charge in [0.15, 0.2) is 6.10 Å². The van der Waals surface area contributed by atoms with Gasteiger partial charge in [-0.2, -0.15) is 0 Å². The number of carbonyl (C=O) groups is 4. The predicted molar refractivity (Wildman–Crippen MR) is 173 cm³/mol. The van der Waals surface area contributed by atoms with E-state index in [0.717, 1.165) is 29.3 Å². The average molecular weight is 674 g/mol. The van der Waals surface area contributed by atoms with Crippen molar-refractivity contribution in [3.63, 3.8) is 0 Å². The van der Waals surface area contributed by atoms with Crippen LogP contribution in [0.4, 0.5) is 5.69 Å². The molecule has 1 aromatic heterocycles. The van der Waals surface area contributed by atoms with Crippen LogP contribution in [0.2, 0.25) is 5.02 Å². The molecule has 0 bridgehead atoms. The molecule has 9 heteroatoms. The second-order valence-corrected chi connectivity index (χ2v) is 13.1. The van der Waals surface area contributed by atoms with Crippen LogP contribution in [0.3, 0.4) is 0 Å². The molecule has 2 aliphatic rings. The fourth-order valence-electron chi connectivity index (χ4n) is 6.35. The largest absolute Gasteiger partial charge is 0.451 e. The van der Waals surface area contributed by atoms with Gasteiger partial charge in [-0.3, -0.25) is 19.3 Å². The number of pyridine rings is 1. The Bertz CT molecular complexity index is 1840. The number of ether oxygens (including phenoxy) is 1. The smallest absolute Gasteiger partial charge is 0.339 e. The van der Waals surface area contributed by atoms with Crippen LogP contribution in [0.1, 0.15) is 59.4 Å². The molecule has 4 aromatic rings. The SMILES string of the molecule is Cc1cc(Br)cc2c(C(=O)OC(C)C(=O)c3cccc(Cl)c3)cc(-c3ccc(N4C(=O)C5CCC(C)CC5C4=O)cc3)nc12. The van der Waals surface area contributed by atoms with Crippen LogP contribution in [0, 0.1) is 24.7 Å². The Labute approximate surface area is 268 Å². The number of imide groups is 1. The van der Waals surface area contributed by atoms with Crippen LogP contribution < -0.4 is 4.90 Å². The van der Waals surface area contributed by atoms with Gasteiger partial charge in [-0.15, -0.1) is 0 Å². The fraction of sp³-hybridized carbons (Fsp3) is 0.286. The minimum atomic E-state index is -1.05. The molecule has 2 fully saturated rings. The van der Waals surface area contributed by atoms with Crippen LogP contribution in [-0.2, 0) is 14.3 Å². The highest BCUT2D eigenvalue weighted by atomic mass is 79.9. The molecule has 2 heterocycles. The molecule has 1 saturated heterocycles. The number of Topliss-reactive ketones (excluding diaryl/α,β-unsaturated/α-hetero) is 1. The highest BCUT2D eigenvalue weighted by Gasteiger charge is 2.49. The molecule has 1 aliphatic carbocycles.